The minimum absolute atomic E-state index is 0.188. The van der Waals surface area contributed by atoms with E-state index in [0.29, 0.717) is 23.5 Å². The number of aromatic nitrogens is 2. The van der Waals surface area contributed by atoms with Crippen molar-refractivity contribution in [1.82, 2.24) is 14.7 Å². The molecule has 0 saturated heterocycles. The molecule has 0 unspecified atom stereocenters. The molecule has 4 rings (SSSR count). The standard InChI is InChI=1S/C24H24N4O3/c1-24(2,3)19-13-20(28(26-19)14-15-8-6-5-7-9-15)25-21(29)16-10-11-17-18(12-16)23(31)27(4)22(17)30/h5-13H,14H2,1-4H3,(H,25,29). The zero-order chi connectivity index (χ0) is 22.3. The highest BCUT2D eigenvalue weighted by Crippen LogP contribution is 2.26. The van der Waals surface area contributed by atoms with E-state index in [1.54, 1.807) is 10.7 Å². The van der Waals surface area contributed by atoms with Gasteiger partial charge in [-0.25, -0.2) is 4.68 Å². The van der Waals surface area contributed by atoms with Crippen LogP contribution in [0, 0.1) is 0 Å². The Bertz CT molecular complexity index is 1190. The highest BCUT2D eigenvalue weighted by molar-refractivity contribution is 6.22. The fourth-order valence-electron chi connectivity index (χ4n) is 3.45. The zero-order valence-electron chi connectivity index (χ0n) is 18.0. The molecular formula is C24H24N4O3. The van der Waals surface area contributed by atoms with E-state index >= 15 is 0 Å². The fraction of sp³-hybridized carbons (Fsp3) is 0.250. The second-order valence-corrected chi connectivity index (χ2v) is 8.69. The van der Waals surface area contributed by atoms with Gasteiger partial charge in [-0.05, 0) is 23.8 Å². The summed E-state index contributed by atoms with van der Waals surface area (Å²) in [5, 5.41) is 7.63. The Morgan fingerprint density at radius 1 is 0.968 bits per heavy atom. The van der Waals surface area contributed by atoms with Crippen molar-refractivity contribution in [3.8, 4) is 0 Å². The molecular weight excluding hydrogens is 392 g/mol. The molecule has 0 radical (unpaired) electrons. The van der Waals surface area contributed by atoms with Gasteiger partial charge in [-0.2, -0.15) is 5.10 Å². The van der Waals surface area contributed by atoms with Gasteiger partial charge >= 0.3 is 0 Å². The number of amides is 3. The third kappa shape index (κ3) is 3.86. The number of carbonyl (C=O) groups is 3. The summed E-state index contributed by atoms with van der Waals surface area (Å²) in [6.45, 7) is 6.70. The molecule has 1 aromatic heterocycles. The number of carbonyl (C=O) groups excluding carboxylic acids is 3. The van der Waals surface area contributed by atoms with Crippen LogP contribution in [0.2, 0.25) is 0 Å². The molecule has 0 aliphatic carbocycles. The van der Waals surface area contributed by atoms with Crippen LogP contribution >= 0.6 is 0 Å². The number of anilines is 1. The number of rotatable bonds is 4. The topological polar surface area (TPSA) is 84.3 Å². The minimum Gasteiger partial charge on any atom is -0.307 e. The molecule has 1 aliphatic heterocycles. The van der Waals surface area contributed by atoms with Crippen molar-refractivity contribution in [2.75, 3.05) is 12.4 Å². The SMILES string of the molecule is CN1C(=O)c2ccc(C(=O)Nc3cc(C(C)(C)C)nn3Cc3ccccc3)cc2C1=O. The summed E-state index contributed by atoms with van der Waals surface area (Å²) in [6.07, 6.45) is 0. The van der Waals surface area contributed by atoms with Gasteiger partial charge < -0.3 is 5.32 Å². The largest absolute Gasteiger partial charge is 0.307 e. The first-order valence-electron chi connectivity index (χ1n) is 10.0. The van der Waals surface area contributed by atoms with Gasteiger partial charge in [0.25, 0.3) is 17.7 Å². The third-order valence-corrected chi connectivity index (χ3v) is 5.32. The quantitative estimate of drug-likeness (QED) is 0.657. The van der Waals surface area contributed by atoms with Crippen LogP contribution in [0.25, 0.3) is 0 Å². The lowest BCUT2D eigenvalue weighted by Gasteiger charge is -2.14. The van der Waals surface area contributed by atoms with Crippen LogP contribution in [0.1, 0.15) is 63.1 Å². The van der Waals surface area contributed by atoms with Gasteiger partial charge in [-0.3, -0.25) is 19.3 Å². The Hall–Kier alpha value is -3.74. The summed E-state index contributed by atoms with van der Waals surface area (Å²) >= 11 is 0. The summed E-state index contributed by atoms with van der Waals surface area (Å²) in [5.74, 6) is -0.562. The number of nitrogens with one attached hydrogen (secondary N) is 1. The van der Waals surface area contributed by atoms with Crippen LogP contribution < -0.4 is 5.32 Å². The molecule has 0 fully saturated rings. The van der Waals surface area contributed by atoms with E-state index in [1.807, 2.05) is 36.4 Å². The smallest absolute Gasteiger partial charge is 0.261 e. The molecule has 3 amide bonds. The van der Waals surface area contributed by atoms with Gasteiger partial charge in [0.05, 0.1) is 23.4 Å². The van der Waals surface area contributed by atoms with Gasteiger partial charge in [-0.15, -0.1) is 0 Å². The van der Waals surface area contributed by atoms with E-state index in [2.05, 4.69) is 26.1 Å². The number of imide groups is 1. The van der Waals surface area contributed by atoms with Crippen molar-refractivity contribution in [3.05, 3.63) is 82.5 Å². The zero-order valence-corrected chi connectivity index (χ0v) is 18.0. The number of hydrogen-bond donors (Lipinski definition) is 1. The molecule has 7 nitrogen and oxygen atoms in total. The average molecular weight is 416 g/mol. The van der Waals surface area contributed by atoms with Crippen molar-refractivity contribution < 1.29 is 14.4 Å². The maximum Gasteiger partial charge on any atom is 0.261 e. The Balaban J connectivity index is 1.64. The van der Waals surface area contributed by atoms with Gasteiger partial charge in [0.1, 0.15) is 5.82 Å². The molecule has 0 atom stereocenters. The number of hydrogen-bond acceptors (Lipinski definition) is 4. The van der Waals surface area contributed by atoms with Crippen LogP contribution in [0.5, 0.6) is 0 Å². The third-order valence-electron chi connectivity index (χ3n) is 5.32. The monoisotopic (exact) mass is 416 g/mol. The van der Waals surface area contributed by atoms with Crippen LogP contribution in [0.3, 0.4) is 0 Å². The number of benzene rings is 2. The molecule has 1 aliphatic rings. The van der Waals surface area contributed by atoms with Gasteiger partial charge in [0.2, 0.25) is 0 Å². The minimum atomic E-state index is -0.404. The first-order chi connectivity index (χ1) is 14.6. The van der Waals surface area contributed by atoms with Crippen LogP contribution in [-0.2, 0) is 12.0 Å². The van der Waals surface area contributed by atoms with Crippen LogP contribution in [-0.4, -0.2) is 39.4 Å². The second-order valence-electron chi connectivity index (χ2n) is 8.69. The molecule has 0 bridgehead atoms. The lowest BCUT2D eigenvalue weighted by Crippen LogP contribution is -2.24. The highest BCUT2D eigenvalue weighted by atomic mass is 16.2. The maximum atomic E-state index is 13.0. The number of fused-ring (bicyclic) bond motifs is 1. The average Bonchev–Trinajstić information content (AvgIpc) is 3.23. The summed E-state index contributed by atoms with van der Waals surface area (Å²) in [7, 11) is 1.43. The molecule has 3 aromatic rings. The predicted octanol–water partition coefficient (Wildman–Crippen LogP) is 3.71. The van der Waals surface area contributed by atoms with Crippen LogP contribution in [0.15, 0.2) is 54.6 Å². The summed E-state index contributed by atoms with van der Waals surface area (Å²) < 4.78 is 1.77. The van der Waals surface area contributed by atoms with E-state index < -0.39 is 5.91 Å². The predicted molar refractivity (Wildman–Crippen MR) is 117 cm³/mol. The Morgan fingerprint density at radius 2 is 1.65 bits per heavy atom. The normalized spacial score (nSPS) is 13.5. The highest BCUT2D eigenvalue weighted by Gasteiger charge is 2.33. The van der Waals surface area contributed by atoms with Gasteiger partial charge in [0, 0.05) is 24.1 Å². The van der Waals surface area contributed by atoms with Crippen molar-refractivity contribution in [1.29, 1.82) is 0 Å². The van der Waals surface area contributed by atoms with E-state index in [1.165, 1.54) is 19.2 Å². The van der Waals surface area contributed by atoms with Crippen molar-refractivity contribution in [2.24, 2.45) is 0 Å². The molecule has 0 spiro atoms. The molecule has 1 N–H and O–H groups in total. The van der Waals surface area contributed by atoms with Crippen molar-refractivity contribution in [2.45, 2.75) is 32.7 Å². The van der Waals surface area contributed by atoms with E-state index in [-0.39, 0.29) is 22.8 Å². The van der Waals surface area contributed by atoms with E-state index in [9.17, 15) is 14.4 Å². The molecule has 7 heteroatoms. The summed E-state index contributed by atoms with van der Waals surface area (Å²) in [6, 6.07) is 16.3. The fourth-order valence-corrected chi connectivity index (χ4v) is 3.45. The maximum absolute atomic E-state index is 13.0. The second kappa shape index (κ2) is 7.50. The molecule has 2 aromatic carbocycles. The first kappa shape index (κ1) is 20.5. The molecule has 158 valence electrons. The summed E-state index contributed by atoms with van der Waals surface area (Å²) in [5.41, 5.74) is 2.59. The number of nitrogens with zero attached hydrogens (tertiary/aromatic N) is 3. The lowest BCUT2D eigenvalue weighted by atomic mass is 9.92. The van der Waals surface area contributed by atoms with Crippen molar-refractivity contribution in [3.63, 3.8) is 0 Å². The van der Waals surface area contributed by atoms with Crippen LogP contribution in [0.4, 0.5) is 5.82 Å². The molecule has 0 saturated carbocycles. The van der Waals surface area contributed by atoms with E-state index in [4.69, 9.17) is 5.10 Å². The van der Waals surface area contributed by atoms with E-state index in [0.717, 1.165) is 16.2 Å². The van der Waals surface area contributed by atoms with Gasteiger partial charge in [-0.1, -0.05) is 51.1 Å². The summed E-state index contributed by atoms with van der Waals surface area (Å²) in [4.78, 5) is 38.4. The Labute approximate surface area is 180 Å². The Morgan fingerprint density at radius 3 is 2.32 bits per heavy atom. The van der Waals surface area contributed by atoms with Crippen molar-refractivity contribution >= 4 is 23.5 Å². The molecule has 31 heavy (non-hydrogen) atoms. The first-order valence-corrected chi connectivity index (χ1v) is 10.0. The lowest BCUT2D eigenvalue weighted by molar-refractivity contribution is 0.0693. The van der Waals surface area contributed by atoms with Gasteiger partial charge in [0.15, 0.2) is 0 Å². The Kier molecular flexibility index (Phi) is 4.97. The molecule has 2 heterocycles.